The molecule has 0 atom stereocenters. The maximum atomic E-state index is 12.8. The van der Waals surface area contributed by atoms with Gasteiger partial charge in [0.25, 0.3) is 0 Å². The predicted molar refractivity (Wildman–Crippen MR) is 109 cm³/mol. The van der Waals surface area contributed by atoms with Crippen molar-refractivity contribution < 1.29 is 22.7 Å². The topological polar surface area (TPSA) is 81.1 Å². The number of urea groups is 1. The van der Waals surface area contributed by atoms with Crippen molar-refractivity contribution >= 4 is 28.4 Å². The van der Waals surface area contributed by atoms with E-state index in [0.29, 0.717) is 17.3 Å². The van der Waals surface area contributed by atoms with E-state index >= 15 is 0 Å². The zero-order valence-electron chi connectivity index (χ0n) is 16.1. The second kappa shape index (κ2) is 7.98. The van der Waals surface area contributed by atoms with Crippen molar-refractivity contribution in [1.82, 2.24) is 14.5 Å². The van der Waals surface area contributed by atoms with Crippen molar-refractivity contribution in [1.29, 1.82) is 0 Å². The first-order valence-corrected chi connectivity index (χ1v) is 9.09. The van der Waals surface area contributed by atoms with Crippen LogP contribution < -0.4 is 15.4 Å². The molecule has 0 bridgehead atoms. The molecule has 2 aromatic carbocycles. The number of ether oxygens (including phenoxy) is 1. The number of hydrogen-bond donors (Lipinski definition) is 2. The Bertz CT molecular complexity index is 1240. The summed E-state index contributed by atoms with van der Waals surface area (Å²) >= 11 is 0. The summed E-state index contributed by atoms with van der Waals surface area (Å²) in [7, 11) is 1.86. The monoisotopic (exact) mass is 427 g/mol. The molecule has 4 aromatic rings. The van der Waals surface area contributed by atoms with Gasteiger partial charge in [0.1, 0.15) is 17.6 Å². The number of anilines is 2. The Kier molecular flexibility index (Phi) is 5.20. The SMILES string of the molecule is Cn1ccc2ncnc(Oc3ccc(NC(=O)Nc4cccc(C(F)(F)F)c4)cc3)c21. The Morgan fingerprint density at radius 3 is 2.48 bits per heavy atom. The molecule has 10 heteroatoms. The van der Waals surface area contributed by atoms with Crippen LogP contribution >= 0.6 is 0 Å². The number of halogens is 3. The van der Waals surface area contributed by atoms with Crippen LogP contribution in [-0.2, 0) is 13.2 Å². The lowest BCUT2D eigenvalue weighted by atomic mass is 10.2. The number of rotatable bonds is 4. The number of carbonyl (C=O) groups is 1. The van der Waals surface area contributed by atoms with Gasteiger partial charge in [-0.2, -0.15) is 18.2 Å². The molecule has 0 aliphatic carbocycles. The van der Waals surface area contributed by atoms with E-state index in [1.807, 2.05) is 23.9 Å². The number of alkyl halides is 3. The first-order valence-electron chi connectivity index (χ1n) is 9.09. The number of nitrogens with one attached hydrogen (secondary N) is 2. The Hall–Kier alpha value is -4.08. The first kappa shape index (κ1) is 20.2. The molecule has 0 fully saturated rings. The normalized spacial score (nSPS) is 11.4. The zero-order chi connectivity index (χ0) is 22.0. The van der Waals surface area contributed by atoms with Crippen molar-refractivity contribution in [3.05, 3.63) is 72.7 Å². The molecule has 158 valence electrons. The lowest BCUT2D eigenvalue weighted by Crippen LogP contribution is -2.19. The van der Waals surface area contributed by atoms with Gasteiger partial charge in [0.15, 0.2) is 0 Å². The lowest BCUT2D eigenvalue weighted by molar-refractivity contribution is -0.137. The number of aromatic nitrogens is 3. The second-order valence-corrected chi connectivity index (χ2v) is 6.62. The van der Waals surface area contributed by atoms with E-state index in [1.165, 1.54) is 18.5 Å². The van der Waals surface area contributed by atoms with Gasteiger partial charge in [-0.15, -0.1) is 0 Å². The Morgan fingerprint density at radius 2 is 1.74 bits per heavy atom. The van der Waals surface area contributed by atoms with Gasteiger partial charge in [-0.1, -0.05) is 6.07 Å². The van der Waals surface area contributed by atoms with E-state index in [0.717, 1.165) is 23.2 Å². The Morgan fingerprint density at radius 1 is 1.00 bits per heavy atom. The van der Waals surface area contributed by atoms with Crippen molar-refractivity contribution in [3.63, 3.8) is 0 Å². The van der Waals surface area contributed by atoms with Crippen LogP contribution in [0.5, 0.6) is 11.6 Å². The molecule has 4 rings (SSSR count). The highest BCUT2D eigenvalue weighted by Gasteiger charge is 2.30. The number of aryl methyl sites for hydroxylation is 1. The second-order valence-electron chi connectivity index (χ2n) is 6.62. The highest BCUT2D eigenvalue weighted by molar-refractivity contribution is 5.99. The number of carbonyl (C=O) groups excluding carboxylic acids is 1. The van der Waals surface area contributed by atoms with Crippen LogP contribution in [-0.4, -0.2) is 20.6 Å². The summed E-state index contributed by atoms with van der Waals surface area (Å²) in [4.78, 5) is 20.5. The average Bonchev–Trinajstić information content (AvgIpc) is 3.11. The number of nitrogens with zero attached hydrogens (tertiary/aromatic N) is 3. The summed E-state index contributed by atoms with van der Waals surface area (Å²) in [6.45, 7) is 0. The summed E-state index contributed by atoms with van der Waals surface area (Å²) in [5.41, 5.74) is 1.11. The summed E-state index contributed by atoms with van der Waals surface area (Å²) in [5, 5.41) is 4.94. The van der Waals surface area contributed by atoms with Crippen LogP contribution in [0.15, 0.2) is 67.1 Å². The maximum absolute atomic E-state index is 12.8. The third-order valence-corrected chi connectivity index (χ3v) is 4.40. The molecule has 0 unspecified atom stereocenters. The van der Waals surface area contributed by atoms with Crippen LogP contribution in [0.25, 0.3) is 11.0 Å². The quantitative estimate of drug-likeness (QED) is 0.456. The molecule has 0 saturated heterocycles. The molecule has 2 amide bonds. The molecule has 7 nitrogen and oxygen atoms in total. The van der Waals surface area contributed by atoms with Crippen LogP contribution in [0.2, 0.25) is 0 Å². The number of hydrogen-bond acceptors (Lipinski definition) is 4. The van der Waals surface area contributed by atoms with Crippen LogP contribution in [0, 0.1) is 0 Å². The van der Waals surface area contributed by atoms with Crippen molar-refractivity contribution in [2.75, 3.05) is 10.6 Å². The third kappa shape index (κ3) is 4.58. The molecule has 0 aliphatic rings. The van der Waals surface area contributed by atoms with Gasteiger partial charge < -0.3 is 19.9 Å². The summed E-state index contributed by atoms with van der Waals surface area (Å²) in [5.74, 6) is 0.880. The van der Waals surface area contributed by atoms with Gasteiger partial charge >= 0.3 is 12.2 Å². The van der Waals surface area contributed by atoms with Gasteiger partial charge in [0, 0.05) is 24.6 Å². The number of amides is 2. The molecule has 2 aromatic heterocycles. The molecule has 0 saturated carbocycles. The molecular formula is C21H16F3N5O2. The van der Waals surface area contributed by atoms with Crippen LogP contribution in [0.4, 0.5) is 29.3 Å². The number of fused-ring (bicyclic) bond motifs is 1. The molecule has 0 radical (unpaired) electrons. The van der Waals surface area contributed by atoms with E-state index in [4.69, 9.17) is 4.74 Å². The summed E-state index contributed by atoms with van der Waals surface area (Å²) in [6.07, 6.45) is -1.23. The van der Waals surface area contributed by atoms with E-state index in [1.54, 1.807) is 24.3 Å². The molecule has 0 aliphatic heterocycles. The van der Waals surface area contributed by atoms with Gasteiger partial charge in [-0.05, 0) is 48.5 Å². The van der Waals surface area contributed by atoms with E-state index in [-0.39, 0.29) is 5.69 Å². The highest BCUT2D eigenvalue weighted by Crippen LogP contribution is 2.31. The van der Waals surface area contributed by atoms with E-state index in [9.17, 15) is 18.0 Å². The van der Waals surface area contributed by atoms with Crippen LogP contribution in [0.1, 0.15) is 5.56 Å². The smallest absolute Gasteiger partial charge is 0.416 e. The minimum absolute atomic E-state index is 0.0302. The van der Waals surface area contributed by atoms with Crippen LogP contribution in [0.3, 0.4) is 0 Å². The lowest BCUT2D eigenvalue weighted by Gasteiger charge is -2.11. The Labute approximate surface area is 174 Å². The zero-order valence-corrected chi connectivity index (χ0v) is 16.1. The molecule has 2 heterocycles. The minimum Gasteiger partial charge on any atom is -0.437 e. The maximum Gasteiger partial charge on any atom is 0.416 e. The summed E-state index contributed by atoms with van der Waals surface area (Å²) in [6, 6.07) is 12.0. The van der Waals surface area contributed by atoms with Gasteiger partial charge in [0.2, 0.25) is 5.88 Å². The largest absolute Gasteiger partial charge is 0.437 e. The van der Waals surface area contributed by atoms with Crippen molar-refractivity contribution in [2.45, 2.75) is 6.18 Å². The molecule has 31 heavy (non-hydrogen) atoms. The molecule has 2 N–H and O–H groups in total. The Balaban J connectivity index is 1.42. The van der Waals surface area contributed by atoms with E-state index < -0.39 is 17.8 Å². The predicted octanol–water partition coefficient (Wildman–Crippen LogP) is 5.42. The van der Waals surface area contributed by atoms with Crippen molar-refractivity contribution in [3.8, 4) is 11.6 Å². The van der Waals surface area contributed by atoms with Gasteiger partial charge in [-0.25, -0.2) is 9.78 Å². The van der Waals surface area contributed by atoms with Gasteiger partial charge in [-0.3, -0.25) is 0 Å². The third-order valence-electron chi connectivity index (χ3n) is 4.40. The molecule has 0 spiro atoms. The number of benzene rings is 2. The first-order chi connectivity index (χ1) is 14.8. The fourth-order valence-electron chi connectivity index (χ4n) is 2.95. The fourth-order valence-corrected chi connectivity index (χ4v) is 2.95. The fraction of sp³-hybridized carbons (Fsp3) is 0.0952. The minimum atomic E-state index is -4.49. The summed E-state index contributed by atoms with van der Waals surface area (Å²) < 4.78 is 46.0. The van der Waals surface area contributed by atoms with E-state index in [2.05, 4.69) is 20.6 Å². The average molecular weight is 427 g/mol. The standard InChI is InChI=1S/C21H16F3N5O2/c1-29-10-9-17-18(29)19(26-12-25-17)31-16-7-5-14(6-8-16)27-20(30)28-15-4-2-3-13(11-15)21(22,23)24/h2-12H,1H3,(H2,27,28,30). The van der Waals surface area contributed by atoms with Gasteiger partial charge in [0.05, 0.1) is 11.1 Å². The molecular weight excluding hydrogens is 411 g/mol. The van der Waals surface area contributed by atoms with Crippen molar-refractivity contribution in [2.24, 2.45) is 7.05 Å². The highest BCUT2D eigenvalue weighted by atomic mass is 19.4.